The Labute approximate surface area is 120 Å². The molecule has 2 heterocycles. The van der Waals surface area contributed by atoms with Crippen molar-refractivity contribution >= 4 is 5.97 Å². The fourth-order valence-corrected chi connectivity index (χ4v) is 4.01. The molecule has 3 fully saturated rings. The lowest BCUT2D eigenvalue weighted by Crippen LogP contribution is -2.58. The second kappa shape index (κ2) is 4.31. The molecule has 0 aromatic heterocycles. The lowest BCUT2D eigenvalue weighted by Gasteiger charge is -2.48. The summed E-state index contributed by atoms with van der Waals surface area (Å²) >= 11 is 0. The summed E-state index contributed by atoms with van der Waals surface area (Å²) < 4.78 is 10.7. The maximum atomic E-state index is 11.4. The normalized spacial score (nSPS) is 44.3. The van der Waals surface area contributed by atoms with Crippen LogP contribution in [0.5, 0.6) is 0 Å². The van der Waals surface area contributed by atoms with E-state index in [0.717, 1.165) is 18.4 Å². The van der Waals surface area contributed by atoms with E-state index in [1.54, 1.807) is 0 Å². The van der Waals surface area contributed by atoms with Gasteiger partial charge in [0.25, 0.3) is 0 Å². The molecule has 1 aliphatic carbocycles. The number of ether oxygens (including phenoxy) is 2. The zero-order chi connectivity index (χ0) is 14.6. The maximum Gasteiger partial charge on any atom is 0.333 e. The molecule has 1 N–H and O–H groups in total. The second-order valence-corrected chi connectivity index (χ2v) is 7.15. The zero-order valence-electron chi connectivity index (χ0n) is 12.6. The second-order valence-electron chi connectivity index (χ2n) is 7.15. The number of aliphatic hydroxyl groups is 1. The van der Waals surface area contributed by atoms with Crippen LogP contribution in [0.25, 0.3) is 0 Å². The minimum atomic E-state index is -0.831. The van der Waals surface area contributed by atoms with E-state index in [1.807, 2.05) is 13.0 Å². The van der Waals surface area contributed by atoms with Gasteiger partial charge in [-0.2, -0.15) is 0 Å². The van der Waals surface area contributed by atoms with E-state index in [0.29, 0.717) is 25.9 Å². The Morgan fingerprint density at radius 3 is 2.80 bits per heavy atom. The van der Waals surface area contributed by atoms with Gasteiger partial charge < -0.3 is 14.6 Å². The van der Waals surface area contributed by atoms with Crippen LogP contribution in [-0.4, -0.2) is 35.0 Å². The Bertz CT molecular complexity index is 460. The number of carbonyl (C=O) groups excluding carboxylic acids is 1. The maximum absolute atomic E-state index is 11.4. The fourth-order valence-electron chi connectivity index (χ4n) is 4.01. The number of carbonyl (C=O) groups is 1. The Morgan fingerprint density at radius 1 is 1.40 bits per heavy atom. The number of allylic oxidation sites excluding steroid dienone is 1. The molecular formula is C16H24O4. The summed E-state index contributed by atoms with van der Waals surface area (Å²) in [5.41, 5.74) is -0.657. The Kier molecular flexibility index (Phi) is 3.04. The van der Waals surface area contributed by atoms with Crippen LogP contribution in [0.2, 0.25) is 0 Å². The first-order chi connectivity index (χ1) is 9.30. The van der Waals surface area contributed by atoms with Gasteiger partial charge in [-0.05, 0) is 38.0 Å². The van der Waals surface area contributed by atoms with Crippen LogP contribution in [0.1, 0.15) is 52.9 Å². The van der Waals surface area contributed by atoms with Gasteiger partial charge in [-0.3, -0.25) is 0 Å². The van der Waals surface area contributed by atoms with E-state index < -0.39 is 11.2 Å². The molecule has 3 aliphatic rings. The van der Waals surface area contributed by atoms with Gasteiger partial charge in [-0.15, -0.1) is 0 Å². The highest BCUT2D eigenvalue weighted by molar-refractivity contribution is 5.90. The van der Waals surface area contributed by atoms with Gasteiger partial charge in [0.05, 0.1) is 12.7 Å². The van der Waals surface area contributed by atoms with Gasteiger partial charge in [0.15, 0.2) is 0 Å². The monoisotopic (exact) mass is 280 g/mol. The molecule has 112 valence electrons. The Morgan fingerprint density at radius 2 is 2.15 bits per heavy atom. The van der Waals surface area contributed by atoms with Gasteiger partial charge in [0.1, 0.15) is 11.2 Å². The summed E-state index contributed by atoms with van der Waals surface area (Å²) in [5.74, 6) is -0.202. The molecule has 1 saturated carbocycles. The molecule has 4 nitrogen and oxygen atoms in total. The number of esters is 1. The van der Waals surface area contributed by atoms with Crippen molar-refractivity contribution in [3.05, 3.63) is 11.6 Å². The standard InChI is InChI=1S/C16H24O4/c1-14(2)9-6-12-15(3,20-12)16(14,18)8-4-5-11-7-10-19-13(11)17/h5,12,18H,4,6-10H2,1-3H3/b11-5+/t12-,15-,16+/m0/s1. The van der Waals surface area contributed by atoms with E-state index in [-0.39, 0.29) is 17.5 Å². The van der Waals surface area contributed by atoms with E-state index in [4.69, 9.17) is 9.47 Å². The van der Waals surface area contributed by atoms with Crippen LogP contribution in [0.3, 0.4) is 0 Å². The Hall–Kier alpha value is -0.870. The largest absolute Gasteiger partial charge is 0.462 e. The summed E-state index contributed by atoms with van der Waals surface area (Å²) in [6.45, 7) is 6.75. The van der Waals surface area contributed by atoms with Crippen molar-refractivity contribution in [3.63, 3.8) is 0 Å². The molecule has 3 rings (SSSR count). The van der Waals surface area contributed by atoms with Gasteiger partial charge >= 0.3 is 5.97 Å². The summed E-state index contributed by atoms with van der Waals surface area (Å²) in [5, 5.41) is 11.2. The lowest BCUT2D eigenvalue weighted by atomic mass is 9.59. The summed E-state index contributed by atoms with van der Waals surface area (Å²) in [4.78, 5) is 11.4. The van der Waals surface area contributed by atoms with Gasteiger partial charge in [0, 0.05) is 12.0 Å². The van der Waals surface area contributed by atoms with Crippen LogP contribution in [0.15, 0.2) is 11.6 Å². The van der Waals surface area contributed by atoms with Crippen molar-refractivity contribution in [2.45, 2.75) is 70.2 Å². The molecule has 0 amide bonds. The summed E-state index contributed by atoms with van der Waals surface area (Å²) in [7, 11) is 0. The molecule has 0 bridgehead atoms. The first-order valence-corrected chi connectivity index (χ1v) is 7.56. The molecule has 2 saturated heterocycles. The minimum Gasteiger partial charge on any atom is -0.462 e. The zero-order valence-corrected chi connectivity index (χ0v) is 12.6. The van der Waals surface area contributed by atoms with Crippen molar-refractivity contribution in [2.24, 2.45) is 5.41 Å². The number of rotatable bonds is 3. The molecule has 0 aromatic rings. The third-order valence-corrected chi connectivity index (χ3v) is 5.68. The smallest absolute Gasteiger partial charge is 0.333 e. The van der Waals surface area contributed by atoms with Crippen molar-refractivity contribution in [1.82, 2.24) is 0 Å². The van der Waals surface area contributed by atoms with Crippen molar-refractivity contribution in [2.75, 3.05) is 6.61 Å². The van der Waals surface area contributed by atoms with Crippen LogP contribution in [-0.2, 0) is 14.3 Å². The Balaban J connectivity index is 1.73. The first-order valence-electron chi connectivity index (χ1n) is 7.56. The molecule has 0 radical (unpaired) electrons. The average Bonchev–Trinajstić information content (AvgIpc) is 2.90. The molecule has 3 atom stereocenters. The highest BCUT2D eigenvalue weighted by atomic mass is 16.6. The topological polar surface area (TPSA) is 59.1 Å². The molecule has 0 spiro atoms. The number of epoxide rings is 1. The molecule has 0 aromatic carbocycles. The quantitative estimate of drug-likeness (QED) is 0.490. The predicted molar refractivity (Wildman–Crippen MR) is 74.1 cm³/mol. The molecule has 20 heavy (non-hydrogen) atoms. The number of hydrogen-bond donors (Lipinski definition) is 1. The SMILES string of the molecule is CC1(C)CC[C@@H]2O[C@]2(C)[C@@]1(O)CC/C=C1\CCOC1=O. The highest BCUT2D eigenvalue weighted by Crippen LogP contribution is 2.61. The average molecular weight is 280 g/mol. The van der Waals surface area contributed by atoms with E-state index >= 15 is 0 Å². The third kappa shape index (κ3) is 1.85. The predicted octanol–water partition coefficient (Wildman–Crippen LogP) is 2.35. The van der Waals surface area contributed by atoms with E-state index in [2.05, 4.69) is 13.8 Å². The van der Waals surface area contributed by atoms with Gasteiger partial charge in [-0.25, -0.2) is 4.79 Å². The fraction of sp³-hybridized carbons (Fsp3) is 0.812. The number of fused-ring (bicyclic) bond motifs is 1. The highest BCUT2D eigenvalue weighted by Gasteiger charge is 2.72. The van der Waals surface area contributed by atoms with E-state index in [1.165, 1.54) is 0 Å². The lowest BCUT2D eigenvalue weighted by molar-refractivity contribution is -0.135. The summed E-state index contributed by atoms with van der Waals surface area (Å²) in [6, 6.07) is 0. The third-order valence-electron chi connectivity index (χ3n) is 5.68. The first kappa shape index (κ1) is 14.1. The van der Waals surface area contributed by atoms with Gasteiger partial charge in [0.2, 0.25) is 0 Å². The van der Waals surface area contributed by atoms with Crippen LogP contribution in [0, 0.1) is 5.41 Å². The van der Waals surface area contributed by atoms with Crippen LogP contribution >= 0.6 is 0 Å². The van der Waals surface area contributed by atoms with Gasteiger partial charge in [-0.1, -0.05) is 19.9 Å². The number of hydrogen-bond acceptors (Lipinski definition) is 4. The van der Waals surface area contributed by atoms with Crippen molar-refractivity contribution in [3.8, 4) is 0 Å². The number of cyclic esters (lactones) is 1. The van der Waals surface area contributed by atoms with Crippen LogP contribution in [0.4, 0.5) is 0 Å². The van der Waals surface area contributed by atoms with Crippen molar-refractivity contribution in [1.29, 1.82) is 0 Å². The summed E-state index contributed by atoms with van der Waals surface area (Å²) in [6.07, 6.45) is 6.14. The molecule has 4 heteroatoms. The van der Waals surface area contributed by atoms with E-state index in [9.17, 15) is 9.90 Å². The molecule has 2 aliphatic heterocycles. The molecule has 0 unspecified atom stereocenters. The van der Waals surface area contributed by atoms with Crippen molar-refractivity contribution < 1.29 is 19.4 Å². The minimum absolute atomic E-state index is 0.163. The molecular weight excluding hydrogens is 256 g/mol. The van der Waals surface area contributed by atoms with Crippen LogP contribution < -0.4 is 0 Å².